The van der Waals surface area contributed by atoms with Crippen LogP contribution in [0.5, 0.6) is 5.75 Å². The molecular formula is C16H14N2OS. The molecule has 1 aromatic carbocycles. The zero-order valence-corrected chi connectivity index (χ0v) is 11.7. The second-order valence-corrected chi connectivity index (χ2v) is 5.55. The Kier molecular flexibility index (Phi) is 3.80. The molecule has 0 fully saturated rings. The second kappa shape index (κ2) is 5.89. The first-order valence-corrected chi connectivity index (χ1v) is 7.34. The highest BCUT2D eigenvalue weighted by Crippen LogP contribution is 2.40. The molecule has 1 aliphatic rings. The molecule has 2 heterocycles. The quantitative estimate of drug-likeness (QED) is 0.765. The number of azo groups is 1. The lowest BCUT2D eigenvalue weighted by molar-refractivity contribution is 0.370. The van der Waals surface area contributed by atoms with E-state index in [1.165, 1.54) is 10.4 Å². The third-order valence-corrected chi connectivity index (χ3v) is 4.22. The van der Waals surface area contributed by atoms with Gasteiger partial charge in [0.2, 0.25) is 0 Å². The lowest BCUT2D eigenvalue weighted by Crippen LogP contribution is -1.96. The first kappa shape index (κ1) is 12.9. The summed E-state index contributed by atoms with van der Waals surface area (Å²) in [5.74, 6) is 3.24. The fourth-order valence-electron chi connectivity index (χ4n) is 2.23. The number of hydrogen-bond acceptors (Lipinski definition) is 4. The van der Waals surface area contributed by atoms with Crippen molar-refractivity contribution in [2.24, 2.45) is 10.2 Å². The first-order chi connectivity index (χ1) is 9.86. The maximum atomic E-state index is 5.36. The number of ether oxygens (including phenoxy) is 1. The Labute approximate surface area is 122 Å². The molecule has 0 saturated heterocycles. The lowest BCUT2D eigenvalue weighted by atomic mass is 10.0. The molecule has 2 unspecified atom stereocenters. The number of benzene rings is 1. The molecule has 0 bridgehead atoms. The van der Waals surface area contributed by atoms with Crippen LogP contribution in [-0.4, -0.2) is 6.61 Å². The predicted molar refractivity (Wildman–Crippen MR) is 80.0 cm³/mol. The third kappa shape index (κ3) is 2.73. The molecule has 0 radical (unpaired) electrons. The van der Waals surface area contributed by atoms with E-state index < -0.39 is 0 Å². The van der Waals surface area contributed by atoms with Crippen LogP contribution in [0.15, 0.2) is 52.0 Å². The van der Waals surface area contributed by atoms with Crippen molar-refractivity contribution in [3.8, 4) is 18.1 Å². The molecule has 0 spiro atoms. The largest absolute Gasteiger partial charge is 0.481 e. The number of nitrogens with zero attached hydrogens (tertiary/aromatic N) is 2. The van der Waals surface area contributed by atoms with Gasteiger partial charge in [0.05, 0.1) is 6.04 Å². The summed E-state index contributed by atoms with van der Waals surface area (Å²) in [6.07, 6.45) is 6.10. The van der Waals surface area contributed by atoms with E-state index >= 15 is 0 Å². The van der Waals surface area contributed by atoms with E-state index in [2.05, 4.69) is 33.7 Å². The zero-order chi connectivity index (χ0) is 13.8. The molecule has 2 atom stereocenters. The molecule has 3 nitrogen and oxygen atoms in total. The molecule has 3 rings (SSSR count). The highest BCUT2D eigenvalue weighted by molar-refractivity contribution is 7.10. The van der Waals surface area contributed by atoms with Crippen molar-refractivity contribution in [3.05, 3.63) is 52.2 Å². The molecule has 0 N–H and O–H groups in total. The van der Waals surface area contributed by atoms with E-state index in [0.29, 0.717) is 6.61 Å². The minimum Gasteiger partial charge on any atom is -0.481 e. The number of terminal acetylenes is 1. The predicted octanol–water partition coefficient (Wildman–Crippen LogP) is 4.40. The Balaban J connectivity index is 1.66. The maximum absolute atomic E-state index is 5.36. The van der Waals surface area contributed by atoms with Crippen molar-refractivity contribution in [3.63, 3.8) is 0 Å². The van der Waals surface area contributed by atoms with Crippen molar-refractivity contribution in [2.75, 3.05) is 6.61 Å². The van der Waals surface area contributed by atoms with Gasteiger partial charge in [-0.1, -0.05) is 24.1 Å². The fourth-order valence-corrected chi connectivity index (χ4v) is 3.01. The Bertz CT molecular complexity index is 625. The molecule has 0 saturated carbocycles. The van der Waals surface area contributed by atoms with Gasteiger partial charge in [-0.25, -0.2) is 0 Å². The van der Waals surface area contributed by atoms with Crippen molar-refractivity contribution in [1.29, 1.82) is 0 Å². The first-order valence-electron chi connectivity index (χ1n) is 6.46. The Morgan fingerprint density at radius 2 is 2.00 bits per heavy atom. The summed E-state index contributed by atoms with van der Waals surface area (Å²) in [4.78, 5) is 1.28. The summed E-state index contributed by atoms with van der Waals surface area (Å²) in [7, 11) is 0. The second-order valence-electron chi connectivity index (χ2n) is 4.58. The molecule has 4 heteroatoms. The van der Waals surface area contributed by atoms with E-state index in [-0.39, 0.29) is 12.1 Å². The van der Waals surface area contributed by atoms with Crippen LogP contribution in [0.1, 0.15) is 28.9 Å². The van der Waals surface area contributed by atoms with Crippen molar-refractivity contribution in [2.45, 2.75) is 18.5 Å². The van der Waals surface area contributed by atoms with E-state index in [1.807, 2.05) is 24.3 Å². The highest BCUT2D eigenvalue weighted by Gasteiger charge is 2.25. The maximum Gasteiger partial charge on any atom is 0.148 e. The van der Waals surface area contributed by atoms with E-state index in [1.54, 1.807) is 11.3 Å². The van der Waals surface area contributed by atoms with Crippen LogP contribution in [0.3, 0.4) is 0 Å². The van der Waals surface area contributed by atoms with Crippen LogP contribution >= 0.6 is 11.3 Å². The van der Waals surface area contributed by atoms with Crippen LogP contribution in [0, 0.1) is 12.3 Å². The minimum absolute atomic E-state index is 0.142. The van der Waals surface area contributed by atoms with Gasteiger partial charge in [-0.15, -0.1) is 17.8 Å². The average Bonchev–Trinajstić information content (AvgIpc) is 3.16. The van der Waals surface area contributed by atoms with Crippen molar-refractivity contribution < 1.29 is 4.74 Å². The van der Waals surface area contributed by atoms with Gasteiger partial charge in [-0.3, -0.25) is 0 Å². The lowest BCUT2D eigenvalue weighted by Gasteiger charge is -2.09. The van der Waals surface area contributed by atoms with Gasteiger partial charge in [0.25, 0.3) is 0 Å². The molecule has 0 amide bonds. The minimum atomic E-state index is 0.142. The van der Waals surface area contributed by atoms with E-state index in [9.17, 15) is 0 Å². The fraction of sp³-hybridized carbons (Fsp3) is 0.250. The molecule has 2 aromatic rings. The summed E-state index contributed by atoms with van der Waals surface area (Å²) < 4.78 is 5.36. The van der Waals surface area contributed by atoms with Crippen molar-refractivity contribution in [1.82, 2.24) is 0 Å². The normalized spacial score (nSPS) is 20.8. The molecular weight excluding hydrogens is 268 g/mol. The molecule has 1 aromatic heterocycles. The Morgan fingerprint density at radius 3 is 2.70 bits per heavy atom. The van der Waals surface area contributed by atoms with Gasteiger partial charge in [0.1, 0.15) is 18.4 Å². The van der Waals surface area contributed by atoms with Crippen LogP contribution < -0.4 is 4.74 Å². The summed E-state index contributed by atoms with van der Waals surface area (Å²) in [6, 6.07) is 12.5. The summed E-state index contributed by atoms with van der Waals surface area (Å²) in [6.45, 7) is 0.295. The summed E-state index contributed by atoms with van der Waals surface area (Å²) in [5, 5.41) is 10.9. The summed E-state index contributed by atoms with van der Waals surface area (Å²) in [5.41, 5.74) is 1.17. The third-order valence-electron chi connectivity index (χ3n) is 3.25. The number of rotatable bonds is 4. The van der Waals surface area contributed by atoms with Crippen LogP contribution in [0.25, 0.3) is 0 Å². The molecule has 100 valence electrons. The van der Waals surface area contributed by atoms with Crippen LogP contribution in [0.4, 0.5) is 0 Å². The monoisotopic (exact) mass is 282 g/mol. The zero-order valence-electron chi connectivity index (χ0n) is 10.9. The molecule has 0 aliphatic carbocycles. The van der Waals surface area contributed by atoms with Gasteiger partial charge in [-0.05, 0) is 29.1 Å². The Hall–Kier alpha value is -2.12. The van der Waals surface area contributed by atoms with Crippen molar-refractivity contribution >= 4 is 11.3 Å². The van der Waals surface area contributed by atoms with E-state index in [0.717, 1.165) is 12.2 Å². The van der Waals surface area contributed by atoms with Crippen LogP contribution in [0.2, 0.25) is 0 Å². The van der Waals surface area contributed by atoms with Gasteiger partial charge >= 0.3 is 0 Å². The highest BCUT2D eigenvalue weighted by atomic mass is 32.1. The van der Waals surface area contributed by atoms with Crippen LogP contribution in [-0.2, 0) is 0 Å². The topological polar surface area (TPSA) is 34.0 Å². The van der Waals surface area contributed by atoms with E-state index in [4.69, 9.17) is 11.2 Å². The average molecular weight is 282 g/mol. The molecule has 1 aliphatic heterocycles. The Morgan fingerprint density at radius 1 is 1.20 bits per heavy atom. The summed E-state index contributed by atoms with van der Waals surface area (Å²) >= 11 is 1.74. The van der Waals surface area contributed by atoms with Gasteiger partial charge < -0.3 is 4.74 Å². The van der Waals surface area contributed by atoms with Gasteiger partial charge in [0.15, 0.2) is 0 Å². The SMILES string of the molecule is C#CCOc1ccc(C2CC(c3cccs3)N=N2)cc1. The standard InChI is InChI=1S/C16H14N2OS/c1-2-9-19-13-7-5-12(6-8-13)14-11-15(18-17-14)16-4-3-10-20-16/h1,3-8,10,14-15H,9,11H2. The number of hydrogen-bond donors (Lipinski definition) is 0. The van der Waals surface area contributed by atoms with Gasteiger partial charge in [0, 0.05) is 11.3 Å². The smallest absolute Gasteiger partial charge is 0.148 e. The number of thiophene rings is 1. The van der Waals surface area contributed by atoms with Gasteiger partial charge in [-0.2, -0.15) is 10.2 Å². The molecule has 20 heavy (non-hydrogen) atoms.